The first-order chi connectivity index (χ1) is 9.24. The molecule has 0 heterocycles. The zero-order valence-corrected chi connectivity index (χ0v) is 12.2. The van der Waals surface area contributed by atoms with Crippen LogP contribution in [0.25, 0.3) is 0 Å². The van der Waals surface area contributed by atoms with Gasteiger partial charge in [0.1, 0.15) is 0 Å². The van der Waals surface area contributed by atoms with Crippen molar-refractivity contribution in [3.8, 4) is 0 Å². The Balaban J connectivity index is 1.74. The van der Waals surface area contributed by atoms with E-state index in [0.29, 0.717) is 0 Å². The summed E-state index contributed by atoms with van der Waals surface area (Å²) in [6.45, 7) is 5.40. The highest BCUT2D eigenvalue weighted by Crippen LogP contribution is 2.39. The van der Waals surface area contributed by atoms with Gasteiger partial charge in [0, 0.05) is 12.6 Å². The summed E-state index contributed by atoms with van der Waals surface area (Å²) >= 11 is 0. The second-order valence-electron chi connectivity index (χ2n) is 6.49. The number of fused-ring (bicyclic) bond motifs is 3. The normalized spacial score (nSPS) is 28.6. The van der Waals surface area contributed by atoms with E-state index in [-0.39, 0.29) is 0 Å². The molecule has 1 nitrogen and oxygen atoms in total. The fraction of sp³-hybridized carbons (Fsp3) is 0.556. The van der Waals surface area contributed by atoms with Crippen molar-refractivity contribution in [3.63, 3.8) is 0 Å². The van der Waals surface area contributed by atoms with Gasteiger partial charge in [-0.2, -0.15) is 0 Å². The highest BCUT2D eigenvalue weighted by Gasteiger charge is 2.38. The molecule has 1 fully saturated rings. The largest absolute Gasteiger partial charge is 0.310 e. The van der Waals surface area contributed by atoms with Crippen LogP contribution in [0.2, 0.25) is 0 Å². The molecule has 1 heteroatoms. The fourth-order valence-electron chi connectivity index (χ4n) is 3.88. The minimum atomic E-state index is 0.725. The Morgan fingerprint density at radius 2 is 1.68 bits per heavy atom. The van der Waals surface area contributed by atoms with E-state index in [4.69, 9.17) is 0 Å². The van der Waals surface area contributed by atoms with E-state index in [1.165, 1.54) is 31.3 Å². The molecule has 19 heavy (non-hydrogen) atoms. The van der Waals surface area contributed by atoms with Crippen LogP contribution in [-0.2, 0) is 12.8 Å². The van der Waals surface area contributed by atoms with Gasteiger partial charge in [-0.15, -0.1) is 0 Å². The molecule has 1 aromatic carbocycles. The van der Waals surface area contributed by atoms with Crippen molar-refractivity contribution in [1.29, 1.82) is 0 Å². The summed E-state index contributed by atoms with van der Waals surface area (Å²) in [5, 5.41) is 3.81. The maximum absolute atomic E-state index is 3.81. The van der Waals surface area contributed by atoms with Crippen molar-refractivity contribution >= 4 is 0 Å². The van der Waals surface area contributed by atoms with Crippen LogP contribution in [0.4, 0.5) is 0 Å². The van der Waals surface area contributed by atoms with Crippen LogP contribution >= 0.6 is 0 Å². The van der Waals surface area contributed by atoms with Crippen molar-refractivity contribution in [2.24, 2.45) is 11.8 Å². The Bertz CT molecular complexity index is 437. The lowest BCUT2D eigenvalue weighted by Gasteiger charge is -2.23. The third kappa shape index (κ3) is 2.76. The van der Waals surface area contributed by atoms with Crippen LogP contribution in [0.15, 0.2) is 35.9 Å². The molecule has 0 spiro atoms. The van der Waals surface area contributed by atoms with Gasteiger partial charge in [0.2, 0.25) is 0 Å². The Morgan fingerprint density at radius 3 is 2.21 bits per heavy atom. The van der Waals surface area contributed by atoms with E-state index in [1.807, 2.05) is 0 Å². The Morgan fingerprint density at radius 1 is 1.11 bits per heavy atom. The molecule has 0 aliphatic heterocycles. The maximum Gasteiger partial charge on any atom is 0.0140 e. The van der Waals surface area contributed by atoms with Gasteiger partial charge < -0.3 is 5.32 Å². The average molecular weight is 255 g/mol. The highest BCUT2D eigenvalue weighted by atomic mass is 14.9. The first-order valence-corrected chi connectivity index (χ1v) is 7.67. The summed E-state index contributed by atoms with van der Waals surface area (Å²) in [6, 6.07) is 9.79. The molecule has 102 valence electrons. The van der Waals surface area contributed by atoms with E-state index in [1.54, 1.807) is 11.1 Å². The summed E-state index contributed by atoms with van der Waals surface area (Å²) in [5.74, 6) is 1.69. The smallest absolute Gasteiger partial charge is 0.0140 e. The molecule has 2 aliphatic carbocycles. The third-order valence-electron chi connectivity index (χ3n) is 4.87. The quantitative estimate of drug-likeness (QED) is 0.811. The molecule has 3 rings (SSSR count). The second-order valence-corrected chi connectivity index (χ2v) is 6.49. The highest BCUT2D eigenvalue weighted by molar-refractivity contribution is 5.30. The van der Waals surface area contributed by atoms with E-state index in [9.17, 15) is 0 Å². The van der Waals surface area contributed by atoms with E-state index < -0.39 is 0 Å². The summed E-state index contributed by atoms with van der Waals surface area (Å²) in [4.78, 5) is 0. The first kappa shape index (κ1) is 12.9. The van der Waals surface area contributed by atoms with Crippen LogP contribution in [0.3, 0.4) is 0 Å². The van der Waals surface area contributed by atoms with E-state index >= 15 is 0 Å². The molecule has 1 aromatic rings. The minimum Gasteiger partial charge on any atom is -0.310 e. The Labute approximate surface area is 117 Å². The molecule has 0 radical (unpaired) electrons. The molecule has 1 saturated carbocycles. The van der Waals surface area contributed by atoms with Crippen LogP contribution in [0, 0.1) is 11.8 Å². The first-order valence-electron chi connectivity index (χ1n) is 7.67. The van der Waals surface area contributed by atoms with Crippen LogP contribution in [-0.4, -0.2) is 12.6 Å². The second kappa shape index (κ2) is 5.50. The van der Waals surface area contributed by atoms with Crippen LogP contribution < -0.4 is 5.32 Å². The molecular weight excluding hydrogens is 230 g/mol. The fourth-order valence-corrected chi connectivity index (χ4v) is 3.88. The van der Waals surface area contributed by atoms with Gasteiger partial charge in [0.05, 0.1) is 0 Å². The SMILES string of the molecule is CC(C)=CCNC1C2CCC1Cc1ccccc1C2. The molecular formula is C18H25N. The van der Waals surface area contributed by atoms with E-state index in [0.717, 1.165) is 24.4 Å². The van der Waals surface area contributed by atoms with Gasteiger partial charge in [0.25, 0.3) is 0 Å². The summed E-state index contributed by atoms with van der Waals surface area (Å²) in [7, 11) is 0. The van der Waals surface area contributed by atoms with Crippen molar-refractivity contribution in [2.45, 2.75) is 45.6 Å². The van der Waals surface area contributed by atoms with Crippen LogP contribution in [0.5, 0.6) is 0 Å². The maximum atomic E-state index is 3.81. The van der Waals surface area contributed by atoms with Crippen molar-refractivity contribution in [1.82, 2.24) is 5.32 Å². The lowest BCUT2D eigenvalue weighted by molar-refractivity contribution is 0.354. The molecule has 0 amide bonds. The topological polar surface area (TPSA) is 12.0 Å². The monoisotopic (exact) mass is 255 g/mol. The predicted octanol–water partition coefficient (Wildman–Crippen LogP) is 3.74. The summed E-state index contributed by atoms with van der Waals surface area (Å²) < 4.78 is 0. The number of rotatable bonds is 3. The predicted molar refractivity (Wildman–Crippen MR) is 81.3 cm³/mol. The lowest BCUT2D eigenvalue weighted by atomic mass is 9.94. The molecule has 0 saturated heterocycles. The van der Waals surface area contributed by atoms with Gasteiger partial charge >= 0.3 is 0 Å². The van der Waals surface area contributed by atoms with Crippen molar-refractivity contribution in [3.05, 3.63) is 47.0 Å². The molecule has 1 N–H and O–H groups in total. The standard InChI is InChI=1S/C18H25N/c1-13(2)9-10-19-18-16-7-8-17(18)12-15-6-4-3-5-14(15)11-16/h3-6,9,16-19H,7-8,10-12H2,1-2H3. The number of benzene rings is 1. The van der Waals surface area contributed by atoms with Gasteiger partial charge in [0.15, 0.2) is 0 Å². The van der Waals surface area contributed by atoms with Crippen molar-refractivity contribution in [2.75, 3.05) is 6.54 Å². The molecule has 2 unspecified atom stereocenters. The number of hydrogen-bond acceptors (Lipinski definition) is 1. The molecule has 0 aromatic heterocycles. The summed E-state index contributed by atoms with van der Waals surface area (Å²) in [6.07, 6.45) is 7.69. The lowest BCUT2D eigenvalue weighted by Crippen LogP contribution is -2.38. The Kier molecular flexibility index (Phi) is 3.74. The summed E-state index contributed by atoms with van der Waals surface area (Å²) in [5.41, 5.74) is 4.61. The molecule has 2 atom stereocenters. The third-order valence-corrected chi connectivity index (χ3v) is 4.87. The number of hydrogen-bond donors (Lipinski definition) is 1. The molecule has 2 bridgehead atoms. The number of nitrogens with one attached hydrogen (secondary N) is 1. The molecule has 2 aliphatic rings. The van der Waals surface area contributed by atoms with Crippen LogP contribution in [0.1, 0.15) is 37.8 Å². The van der Waals surface area contributed by atoms with Gasteiger partial charge in [-0.1, -0.05) is 35.9 Å². The van der Waals surface area contributed by atoms with Gasteiger partial charge in [-0.05, 0) is 62.5 Å². The average Bonchev–Trinajstić information content (AvgIpc) is 2.65. The Hall–Kier alpha value is -1.08. The minimum absolute atomic E-state index is 0.725. The van der Waals surface area contributed by atoms with Gasteiger partial charge in [-0.3, -0.25) is 0 Å². The zero-order valence-electron chi connectivity index (χ0n) is 12.2. The van der Waals surface area contributed by atoms with E-state index in [2.05, 4.69) is 49.5 Å². The van der Waals surface area contributed by atoms with Crippen molar-refractivity contribution < 1.29 is 0 Å². The zero-order chi connectivity index (χ0) is 13.2. The number of allylic oxidation sites excluding steroid dienone is 1. The van der Waals surface area contributed by atoms with Gasteiger partial charge in [-0.25, -0.2) is 0 Å².